The third kappa shape index (κ3) is 6.62. The van der Waals surface area contributed by atoms with Gasteiger partial charge in [0.1, 0.15) is 34.0 Å². The van der Waals surface area contributed by atoms with E-state index in [0.717, 1.165) is 17.8 Å². The largest absolute Gasteiger partial charge is 0.497 e. The lowest BCUT2D eigenvalue weighted by Crippen LogP contribution is -2.10. The van der Waals surface area contributed by atoms with Gasteiger partial charge in [0.15, 0.2) is 5.78 Å². The lowest BCUT2D eigenvalue weighted by atomic mass is 10.1. The van der Waals surface area contributed by atoms with E-state index in [1.807, 2.05) is 6.07 Å². The van der Waals surface area contributed by atoms with Crippen LogP contribution >= 0.6 is 11.8 Å². The quantitative estimate of drug-likeness (QED) is 0.178. The van der Waals surface area contributed by atoms with Crippen LogP contribution < -0.4 is 14.2 Å². The van der Waals surface area contributed by atoms with Gasteiger partial charge in [-0.3, -0.25) is 4.79 Å². The molecule has 0 unspecified atom stereocenters. The number of hydrogen-bond acceptors (Lipinski definition) is 7. The van der Waals surface area contributed by atoms with Crippen LogP contribution in [0.2, 0.25) is 0 Å². The van der Waals surface area contributed by atoms with E-state index in [0.29, 0.717) is 33.9 Å². The maximum absolute atomic E-state index is 13.3. The molecule has 1 aromatic heterocycles. The Morgan fingerprint density at radius 3 is 2.38 bits per heavy atom. The summed E-state index contributed by atoms with van der Waals surface area (Å²) in [5.74, 6) is 1.30. The predicted molar refractivity (Wildman–Crippen MR) is 134 cm³/mol. The van der Waals surface area contributed by atoms with Gasteiger partial charge in [-0.05, 0) is 60.5 Å². The van der Waals surface area contributed by atoms with Crippen molar-refractivity contribution in [2.24, 2.45) is 0 Å². The summed E-state index contributed by atoms with van der Waals surface area (Å²) in [6.45, 7) is 1.44. The van der Waals surface area contributed by atoms with Gasteiger partial charge in [-0.1, -0.05) is 12.1 Å². The maximum Gasteiger partial charge on any atom is 0.433 e. The Morgan fingerprint density at radius 1 is 1.05 bits per heavy atom. The molecule has 0 aliphatic rings. The molecular formula is C27H23F3N2O4S. The number of hydrogen-bond donors (Lipinski definition) is 0. The number of aromatic nitrogens is 1. The van der Waals surface area contributed by atoms with Crippen molar-refractivity contribution in [1.29, 1.82) is 5.26 Å². The highest BCUT2D eigenvalue weighted by atomic mass is 32.2. The summed E-state index contributed by atoms with van der Waals surface area (Å²) in [4.78, 5) is 16.5. The van der Waals surface area contributed by atoms with Crippen molar-refractivity contribution < 1.29 is 32.2 Å². The molecule has 37 heavy (non-hydrogen) atoms. The fourth-order valence-electron chi connectivity index (χ4n) is 3.46. The number of halogens is 3. The molecule has 6 nitrogen and oxygen atoms in total. The van der Waals surface area contributed by atoms with Crippen LogP contribution in [0, 0.1) is 18.3 Å². The molecule has 0 aliphatic carbocycles. The topological polar surface area (TPSA) is 81.4 Å². The monoisotopic (exact) mass is 528 g/mol. The second-order valence-corrected chi connectivity index (χ2v) is 8.70. The van der Waals surface area contributed by atoms with E-state index in [2.05, 4.69) is 4.98 Å². The van der Waals surface area contributed by atoms with Crippen LogP contribution in [-0.2, 0) is 11.9 Å². The Bertz CT molecular complexity index is 1380. The number of rotatable bonds is 9. The fourth-order valence-corrected chi connectivity index (χ4v) is 4.49. The van der Waals surface area contributed by atoms with Crippen LogP contribution in [0.3, 0.4) is 0 Å². The molecule has 0 N–H and O–H groups in total. The number of allylic oxidation sites excluding steroid dienone is 1. The summed E-state index contributed by atoms with van der Waals surface area (Å²) in [5.41, 5.74) is 0.884. The molecule has 0 bridgehead atoms. The molecular weight excluding hydrogens is 505 g/mol. The summed E-state index contributed by atoms with van der Waals surface area (Å²) < 4.78 is 55.6. The van der Waals surface area contributed by atoms with Gasteiger partial charge in [0.25, 0.3) is 0 Å². The number of alkyl halides is 3. The molecule has 0 fully saturated rings. The average molecular weight is 529 g/mol. The SMILES string of the molecule is COc1ccc(OC)c(C(=O)/C=C/c2ccc(OC)c(CSc3nc(C(F)(F)F)cc(C)c3C#N)c2)c1. The molecule has 0 saturated carbocycles. The van der Waals surface area contributed by atoms with Crippen molar-refractivity contribution in [3.8, 4) is 23.3 Å². The third-order valence-electron chi connectivity index (χ3n) is 5.35. The van der Waals surface area contributed by atoms with Gasteiger partial charge >= 0.3 is 6.18 Å². The van der Waals surface area contributed by atoms with Gasteiger partial charge in [0.2, 0.25) is 0 Å². The maximum atomic E-state index is 13.3. The minimum atomic E-state index is -4.63. The number of nitrogens with zero attached hydrogens (tertiary/aromatic N) is 2. The van der Waals surface area contributed by atoms with Crippen LogP contribution in [0.1, 0.15) is 38.3 Å². The highest BCUT2D eigenvalue weighted by Crippen LogP contribution is 2.35. The van der Waals surface area contributed by atoms with Gasteiger partial charge < -0.3 is 14.2 Å². The number of thioether (sulfide) groups is 1. The normalized spacial score (nSPS) is 11.3. The minimum absolute atomic E-state index is 0.0156. The summed E-state index contributed by atoms with van der Waals surface area (Å²) in [6.07, 6.45) is -1.63. The van der Waals surface area contributed by atoms with Crippen LogP contribution in [-0.4, -0.2) is 32.1 Å². The summed E-state index contributed by atoms with van der Waals surface area (Å²) >= 11 is 1.00. The number of ether oxygens (including phenoxy) is 3. The van der Waals surface area contributed by atoms with Crippen molar-refractivity contribution in [3.63, 3.8) is 0 Å². The standard InChI is InChI=1S/C27H23F3N2O4S/c1-16-11-25(27(28,29)30)32-26(21(16)14-31)37-15-18-12-17(6-9-23(18)35-3)5-8-22(33)20-13-19(34-2)7-10-24(20)36-4/h5-13H,15H2,1-4H3/b8-5+. The molecule has 0 amide bonds. The van der Waals surface area contributed by atoms with Gasteiger partial charge in [-0.25, -0.2) is 4.98 Å². The molecule has 0 atom stereocenters. The van der Waals surface area contributed by atoms with Crippen molar-refractivity contribution in [3.05, 3.63) is 82.1 Å². The second-order valence-electron chi connectivity index (χ2n) is 7.74. The van der Waals surface area contributed by atoms with Crippen molar-refractivity contribution >= 4 is 23.6 Å². The Balaban J connectivity index is 1.88. The van der Waals surface area contributed by atoms with Crippen molar-refractivity contribution in [1.82, 2.24) is 4.98 Å². The van der Waals surface area contributed by atoms with Gasteiger partial charge in [-0.15, -0.1) is 11.8 Å². The molecule has 0 radical (unpaired) electrons. The van der Waals surface area contributed by atoms with Crippen LogP contribution in [0.25, 0.3) is 6.08 Å². The molecule has 1 heterocycles. The molecule has 3 aromatic rings. The number of carbonyl (C=O) groups is 1. The van der Waals surface area contributed by atoms with Crippen LogP contribution in [0.5, 0.6) is 17.2 Å². The van der Waals surface area contributed by atoms with Crippen LogP contribution in [0.15, 0.2) is 53.6 Å². The number of ketones is 1. The number of pyridine rings is 1. The summed E-state index contributed by atoms with van der Waals surface area (Å²) in [6, 6.07) is 12.9. The van der Waals surface area contributed by atoms with E-state index in [9.17, 15) is 23.2 Å². The van der Waals surface area contributed by atoms with E-state index in [-0.39, 0.29) is 27.7 Å². The summed E-state index contributed by atoms with van der Waals surface area (Å²) in [5, 5.41) is 9.44. The molecule has 3 rings (SSSR count). The Hall–Kier alpha value is -3.97. The van der Waals surface area contributed by atoms with Gasteiger partial charge in [0.05, 0.1) is 32.5 Å². The zero-order valence-corrected chi connectivity index (χ0v) is 21.3. The average Bonchev–Trinajstić information content (AvgIpc) is 2.89. The summed E-state index contributed by atoms with van der Waals surface area (Å²) in [7, 11) is 4.44. The Morgan fingerprint density at radius 2 is 1.76 bits per heavy atom. The zero-order chi connectivity index (χ0) is 27.2. The number of benzene rings is 2. The van der Waals surface area contributed by atoms with Gasteiger partial charge in [0, 0.05) is 11.3 Å². The van der Waals surface area contributed by atoms with Crippen molar-refractivity contribution in [2.45, 2.75) is 23.9 Å². The molecule has 0 spiro atoms. The molecule has 0 saturated heterocycles. The number of aryl methyl sites for hydroxylation is 1. The third-order valence-corrected chi connectivity index (χ3v) is 6.38. The van der Waals surface area contributed by atoms with Gasteiger partial charge in [-0.2, -0.15) is 18.4 Å². The minimum Gasteiger partial charge on any atom is -0.497 e. The lowest BCUT2D eigenvalue weighted by molar-refractivity contribution is -0.141. The number of methoxy groups -OCH3 is 3. The highest BCUT2D eigenvalue weighted by molar-refractivity contribution is 7.98. The number of carbonyl (C=O) groups excluding carboxylic acids is 1. The van der Waals surface area contributed by atoms with E-state index >= 15 is 0 Å². The number of nitriles is 1. The van der Waals surface area contributed by atoms with E-state index in [1.165, 1.54) is 34.3 Å². The second kappa shape index (κ2) is 11.8. The smallest absolute Gasteiger partial charge is 0.433 e. The van der Waals surface area contributed by atoms with E-state index in [1.54, 1.807) is 42.5 Å². The molecule has 192 valence electrons. The first kappa shape index (κ1) is 27.6. The first-order valence-electron chi connectivity index (χ1n) is 10.8. The first-order chi connectivity index (χ1) is 17.6. The molecule has 10 heteroatoms. The van der Waals surface area contributed by atoms with E-state index in [4.69, 9.17) is 14.2 Å². The highest BCUT2D eigenvalue weighted by Gasteiger charge is 2.34. The predicted octanol–water partition coefficient (Wildman–Crippen LogP) is 6.49. The lowest BCUT2D eigenvalue weighted by Gasteiger charge is -2.13. The Labute approximate surface area is 216 Å². The van der Waals surface area contributed by atoms with Crippen molar-refractivity contribution in [2.75, 3.05) is 21.3 Å². The van der Waals surface area contributed by atoms with Crippen LogP contribution in [0.4, 0.5) is 13.2 Å². The Kier molecular flexibility index (Phi) is 8.84. The van der Waals surface area contributed by atoms with E-state index < -0.39 is 11.9 Å². The molecule has 2 aromatic carbocycles. The first-order valence-corrected chi connectivity index (χ1v) is 11.8. The molecule has 0 aliphatic heterocycles. The fraction of sp³-hybridized carbons (Fsp3) is 0.222. The zero-order valence-electron chi connectivity index (χ0n) is 20.5.